The summed E-state index contributed by atoms with van der Waals surface area (Å²) in [5.74, 6) is 2.98. The third kappa shape index (κ3) is 14.4. The highest BCUT2D eigenvalue weighted by Crippen LogP contribution is 2.01. The van der Waals surface area contributed by atoms with Crippen LogP contribution in [0.1, 0.15) is 39.5 Å². The van der Waals surface area contributed by atoms with Gasteiger partial charge in [0.25, 0.3) is 0 Å². The zero-order valence-electron chi connectivity index (χ0n) is 12.3. The van der Waals surface area contributed by atoms with Crippen molar-refractivity contribution in [1.29, 1.82) is 0 Å². The van der Waals surface area contributed by atoms with Crippen molar-refractivity contribution in [3.05, 3.63) is 0 Å². The van der Waals surface area contributed by atoms with Crippen molar-refractivity contribution in [1.82, 2.24) is 10.6 Å². The van der Waals surface area contributed by atoms with E-state index in [0.29, 0.717) is 0 Å². The van der Waals surface area contributed by atoms with Crippen LogP contribution in [0.4, 0.5) is 0 Å². The van der Waals surface area contributed by atoms with Gasteiger partial charge in [-0.05, 0) is 43.6 Å². The van der Waals surface area contributed by atoms with Crippen molar-refractivity contribution in [3.8, 4) is 0 Å². The lowest BCUT2D eigenvalue weighted by molar-refractivity contribution is 0.549. The van der Waals surface area contributed by atoms with Crippen LogP contribution in [0.3, 0.4) is 0 Å². The summed E-state index contributed by atoms with van der Waals surface area (Å²) in [4.78, 5) is 4.21. The van der Waals surface area contributed by atoms with Crippen LogP contribution in [0.5, 0.6) is 0 Å². The van der Waals surface area contributed by atoms with Crippen molar-refractivity contribution < 1.29 is 0 Å². The molecule has 18 heavy (non-hydrogen) atoms. The minimum absolute atomic E-state index is 0. The van der Waals surface area contributed by atoms with Gasteiger partial charge in [-0.1, -0.05) is 13.8 Å². The van der Waals surface area contributed by atoms with Gasteiger partial charge in [0.15, 0.2) is 5.96 Å². The number of hydrogen-bond acceptors (Lipinski definition) is 2. The van der Waals surface area contributed by atoms with Crippen LogP contribution >= 0.6 is 35.7 Å². The molecular formula is C13H30IN3S. The minimum atomic E-state index is 0. The molecule has 0 aromatic heterocycles. The van der Waals surface area contributed by atoms with Crippen LogP contribution in [0, 0.1) is 5.92 Å². The first-order valence-corrected chi connectivity index (χ1v) is 8.03. The van der Waals surface area contributed by atoms with Crippen LogP contribution in [-0.2, 0) is 0 Å². The molecule has 0 bridgehead atoms. The number of hydrogen-bond donors (Lipinski definition) is 2. The van der Waals surface area contributed by atoms with Crippen molar-refractivity contribution >= 4 is 41.7 Å². The Labute approximate surface area is 134 Å². The first-order valence-electron chi connectivity index (χ1n) is 6.64. The number of nitrogens with one attached hydrogen (secondary N) is 2. The Balaban J connectivity index is 0. The average Bonchev–Trinajstić information content (AvgIpc) is 2.31. The molecular weight excluding hydrogens is 357 g/mol. The standard InChI is InChI=1S/C13H29N3S.HI/c1-12(2)8-7-10-16-13(14-3)15-9-5-6-11-17-4;/h12H,5-11H2,1-4H3,(H2,14,15,16);1H. The summed E-state index contributed by atoms with van der Waals surface area (Å²) in [6.07, 6.45) is 7.14. The summed E-state index contributed by atoms with van der Waals surface area (Å²) >= 11 is 1.91. The van der Waals surface area contributed by atoms with E-state index in [1.807, 2.05) is 18.8 Å². The summed E-state index contributed by atoms with van der Waals surface area (Å²) < 4.78 is 0. The van der Waals surface area contributed by atoms with Gasteiger partial charge in [-0.2, -0.15) is 11.8 Å². The van der Waals surface area contributed by atoms with Gasteiger partial charge in [0.05, 0.1) is 0 Å². The van der Waals surface area contributed by atoms with Gasteiger partial charge in [-0.3, -0.25) is 4.99 Å². The average molecular weight is 387 g/mol. The van der Waals surface area contributed by atoms with Crippen molar-refractivity contribution in [2.75, 3.05) is 32.1 Å². The Morgan fingerprint density at radius 2 is 1.72 bits per heavy atom. The van der Waals surface area contributed by atoms with E-state index in [4.69, 9.17) is 0 Å². The van der Waals surface area contributed by atoms with Gasteiger partial charge in [-0.25, -0.2) is 0 Å². The van der Waals surface area contributed by atoms with E-state index >= 15 is 0 Å². The van der Waals surface area contributed by atoms with E-state index in [-0.39, 0.29) is 24.0 Å². The third-order valence-corrected chi connectivity index (χ3v) is 3.24. The molecule has 0 aliphatic carbocycles. The number of nitrogens with zero attached hydrogens (tertiary/aromatic N) is 1. The van der Waals surface area contributed by atoms with Crippen LogP contribution in [0.25, 0.3) is 0 Å². The third-order valence-electron chi connectivity index (χ3n) is 2.54. The molecule has 0 aliphatic rings. The number of halogens is 1. The fourth-order valence-corrected chi connectivity index (χ4v) is 2.01. The molecule has 0 aromatic rings. The van der Waals surface area contributed by atoms with Crippen LogP contribution < -0.4 is 10.6 Å². The summed E-state index contributed by atoms with van der Waals surface area (Å²) in [6.45, 7) is 6.56. The summed E-state index contributed by atoms with van der Waals surface area (Å²) in [5.41, 5.74) is 0. The maximum Gasteiger partial charge on any atom is 0.190 e. The Hall–Kier alpha value is 0.350. The van der Waals surface area contributed by atoms with Gasteiger partial charge >= 0.3 is 0 Å². The molecule has 5 heteroatoms. The fraction of sp³-hybridized carbons (Fsp3) is 0.923. The monoisotopic (exact) mass is 387 g/mol. The molecule has 0 atom stereocenters. The Morgan fingerprint density at radius 1 is 1.11 bits per heavy atom. The Bertz CT molecular complexity index is 199. The second-order valence-corrected chi connectivity index (χ2v) is 5.65. The molecule has 0 saturated heterocycles. The molecule has 0 radical (unpaired) electrons. The normalized spacial score (nSPS) is 11.3. The van der Waals surface area contributed by atoms with E-state index in [1.165, 1.54) is 31.4 Å². The number of aliphatic imine (C=N–C) groups is 1. The lowest BCUT2D eigenvalue weighted by Gasteiger charge is -2.12. The fourth-order valence-electron chi connectivity index (χ4n) is 1.52. The van der Waals surface area contributed by atoms with Crippen LogP contribution in [-0.4, -0.2) is 38.1 Å². The van der Waals surface area contributed by atoms with Gasteiger partial charge in [-0.15, -0.1) is 24.0 Å². The lowest BCUT2D eigenvalue weighted by atomic mass is 10.1. The maximum absolute atomic E-state index is 4.21. The second kappa shape index (κ2) is 15.4. The molecule has 0 rings (SSSR count). The minimum Gasteiger partial charge on any atom is -0.356 e. The molecule has 0 unspecified atom stereocenters. The number of guanidine groups is 1. The van der Waals surface area contributed by atoms with Crippen molar-refractivity contribution in [2.24, 2.45) is 10.9 Å². The topological polar surface area (TPSA) is 36.4 Å². The predicted molar refractivity (Wildman–Crippen MR) is 96.5 cm³/mol. The highest BCUT2D eigenvalue weighted by molar-refractivity contribution is 14.0. The molecule has 0 aromatic carbocycles. The molecule has 0 saturated carbocycles. The molecule has 0 heterocycles. The molecule has 0 aliphatic heterocycles. The highest BCUT2D eigenvalue weighted by atomic mass is 127. The van der Waals surface area contributed by atoms with Crippen molar-refractivity contribution in [2.45, 2.75) is 39.5 Å². The second-order valence-electron chi connectivity index (χ2n) is 4.66. The van der Waals surface area contributed by atoms with Crippen LogP contribution in [0.15, 0.2) is 4.99 Å². The van der Waals surface area contributed by atoms with Crippen molar-refractivity contribution in [3.63, 3.8) is 0 Å². The van der Waals surface area contributed by atoms with Gasteiger partial charge < -0.3 is 10.6 Å². The predicted octanol–water partition coefficient (Wildman–Crippen LogP) is 3.35. The summed E-state index contributed by atoms with van der Waals surface area (Å²) in [5, 5.41) is 6.70. The highest BCUT2D eigenvalue weighted by Gasteiger charge is 1.97. The zero-order chi connectivity index (χ0) is 12.9. The van der Waals surface area contributed by atoms with Gasteiger partial charge in [0.1, 0.15) is 0 Å². The first kappa shape index (κ1) is 20.7. The number of rotatable bonds is 9. The van der Waals surface area contributed by atoms with E-state index in [1.54, 1.807) is 0 Å². The van der Waals surface area contributed by atoms with E-state index in [2.05, 4.69) is 35.7 Å². The van der Waals surface area contributed by atoms with Gasteiger partial charge in [0.2, 0.25) is 0 Å². The summed E-state index contributed by atoms with van der Waals surface area (Å²) in [7, 11) is 1.83. The molecule has 0 amide bonds. The van der Waals surface area contributed by atoms with E-state index < -0.39 is 0 Å². The number of thioether (sulfide) groups is 1. The molecule has 110 valence electrons. The molecule has 3 nitrogen and oxygen atoms in total. The SMILES string of the molecule is CN=C(NCCCCSC)NCCCC(C)C.I. The number of unbranched alkanes of at least 4 members (excludes halogenated alkanes) is 1. The van der Waals surface area contributed by atoms with Crippen LogP contribution in [0.2, 0.25) is 0 Å². The van der Waals surface area contributed by atoms with Gasteiger partial charge in [0, 0.05) is 20.1 Å². The first-order chi connectivity index (χ1) is 8.20. The summed E-state index contributed by atoms with van der Waals surface area (Å²) in [6, 6.07) is 0. The van der Waals surface area contributed by atoms with E-state index in [9.17, 15) is 0 Å². The molecule has 0 spiro atoms. The van der Waals surface area contributed by atoms with E-state index in [0.717, 1.165) is 25.0 Å². The Morgan fingerprint density at radius 3 is 2.22 bits per heavy atom. The molecule has 2 N–H and O–H groups in total. The largest absolute Gasteiger partial charge is 0.356 e. The lowest BCUT2D eigenvalue weighted by Crippen LogP contribution is -2.38. The zero-order valence-corrected chi connectivity index (χ0v) is 15.4. The maximum atomic E-state index is 4.21. The Kier molecular flexibility index (Phi) is 17.7. The smallest absolute Gasteiger partial charge is 0.190 e. The quantitative estimate of drug-likeness (QED) is 0.276. The molecule has 0 fully saturated rings.